The Morgan fingerprint density at radius 2 is 1.38 bits per heavy atom. The number of rotatable bonds is 13. The fourth-order valence-corrected chi connectivity index (χ4v) is 4.72. The van der Waals surface area contributed by atoms with Crippen LogP contribution in [0.5, 0.6) is 0 Å². The molecule has 0 heterocycles. The average Bonchev–Trinajstić information content (AvgIpc) is 2.98. The van der Waals surface area contributed by atoms with E-state index < -0.39 is 11.9 Å². The minimum atomic E-state index is -1.00. The summed E-state index contributed by atoms with van der Waals surface area (Å²) >= 11 is 5.96. The summed E-state index contributed by atoms with van der Waals surface area (Å²) < 4.78 is 0. The molecule has 4 aromatic carbocycles. The number of carbonyl (C=O) groups excluding carboxylic acids is 2. The number of nitrogens with one attached hydrogen (secondary N) is 1. The number of carboxylic acids is 1. The second kappa shape index (κ2) is 14.2. The van der Waals surface area contributed by atoms with E-state index in [4.69, 9.17) is 11.6 Å². The molecule has 5 nitrogen and oxygen atoms in total. The van der Waals surface area contributed by atoms with Crippen LogP contribution < -0.4 is 5.32 Å². The Hall–Kier alpha value is -4.22. The quantitative estimate of drug-likeness (QED) is 0.135. The summed E-state index contributed by atoms with van der Waals surface area (Å²) in [7, 11) is 0. The van der Waals surface area contributed by atoms with Gasteiger partial charge in [0.25, 0.3) is 5.91 Å². The van der Waals surface area contributed by atoms with E-state index in [1.165, 1.54) is 5.56 Å². The van der Waals surface area contributed by atoms with E-state index in [1.807, 2.05) is 60.7 Å². The van der Waals surface area contributed by atoms with Crippen molar-refractivity contribution in [2.24, 2.45) is 5.92 Å². The molecule has 1 unspecified atom stereocenters. The highest BCUT2D eigenvalue weighted by atomic mass is 35.5. The van der Waals surface area contributed by atoms with Gasteiger partial charge < -0.3 is 10.4 Å². The number of hydrogen-bond acceptors (Lipinski definition) is 3. The molecular weight excluding hydrogens is 522 g/mol. The van der Waals surface area contributed by atoms with Gasteiger partial charge in [0.1, 0.15) is 0 Å². The summed E-state index contributed by atoms with van der Waals surface area (Å²) in [6.45, 7) is 0.571. The molecule has 0 saturated carbocycles. The Kier molecular flexibility index (Phi) is 10.3. The normalized spacial score (nSPS) is 11.5. The van der Waals surface area contributed by atoms with Crippen LogP contribution in [0.1, 0.15) is 51.1 Å². The zero-order valence-electron chi connectivity index (χ0n) is 22.2. The number of benzene rings is 4. The van der Waals surface area contributed by atoms with Gasteiger partial charge in [0, 0.05) is 29.1 Å². The van der Waals surface area contributed by atoms with Crippen molar-refractivity contribution in [1.29, 1.82) is 0 Å². The number of aliphatic carboxylic acids is 1. The Morgan fingerprint density at radius 3 is 2.05 bits per heavy atom. The zero-order valence-corrected chi connectivity index (χ0v) is 22.9. The van der Waals surface area contributed by atoms with Gasteiger partial charge >= 0.3 is 5.97 Å². The fourth-order valence-electron chi connectivity index (χ4n) is 4.60. The minimum absolute atomic E-state index is 0.0861. The first-order chi connectivity index (χ1) is 19.4. The SMILES string of the molecule is O=C(CC(CCc1cccc(C(=O)NCCCc2ccccc2)c1)C(=O)O)c1ccc(-c2ccc(Cl)cc2)cc1. The summed E-state index contributed by atoms with van der Waals surface area (Å²) in [5.74, 6) is -2.18. The van der Waals surface area contributed by atoms with Gasteiger partial charge in [0.2, 0.25) is 0 Å². The van der Waals surface area contributed by atoms with Crippen molar-refractivity contribution in [3.8, 4) is 11.1 Å². The third kappa shape index (κ3) is 8.39. The molecule has 0 spiro atoms. The molecular formula is C34H32ClNO4. The first-order valence-corrected chi connectivity index (χ1v) is 13.8. The molecule has 0 aliphatic rings. The minimum Gasteiger partial charge on any atom is -0.481 e. The van der Waals surface area contributed by atoms with Gasteiger partial charge in [-0.1, -0.05) is 90.5 Å². The van der Waals surface area contributed by atoms with E-state index in [-0.39, 0.29) is 18.1 Å². The summed E-state index contributed by atoms with van der Waals surface area (Å²) in [6, 6.07) is 32.0. The average molecular weight is 554 g/mol. The summed E-state index contributed by atoms with van der Waals surface area (Å²) in [4.78, 5) is 37.5. The van der Waals surface area contributed by atoms with Gasteiger partial charge in [-0.3, -0.25) is 14.4 Å². The van der Waals surface area contributed by atoms with E-state index in [0.29, 0.717) is 35.5 Å². The van der Waals surface area contributed by atoms with Crippen LogP contribution in [0.25, 0.3) is 11.1 Å². The van der Waals surface area contributed by atoms with Crippen molar-refractivity contribution in [3.63, 3.8) is 0 Å². The molecule has 6 heteroatoms. The molecule has 0 saturated heterocycles. The Morgan fingerprint density at radius 1 is 0.725 bits per heavy atom. The number of carbonyl (C=O) groups is 3. The number of aryl methyl sites for hydroxylation is 2. The molecule has 0 aromatic heterocycles. The van der Waals surface area contributed by atoms with Gasteiger partial charge in [0.05, 0.1) is 5.92 Å². The largest absolute Gasteiger partial charge is 0.481 e. The predicted molar refractivity (Wildman–Crippen MR) is 159 cm³/mol. The maximum absolute atomic E-state index is 12.9. The van der Waals surface area contributed by atoms with E-state index >= 15 is 0 Å². The van der Waals surface area contributed by atoms with E-state index in [0.717, 1.165) is 29.5 Å². The number of halogens is 1. The van der Waals surface area contributed by atoms with Gasteiger partial charge in [-0.2, -0.15) is 0 Å². The first-order valence-electron chi connectivity index (χ1n) is 13.4. The standard InChI is InChI=1S/C34H32ClNO4/c35-31-19-17-27(18-20-31)26-13-15-28(16-14-26)32(37)23-30(34(39)40)12-11-25-8-4-10-29(22-25)33(38)36-21-5-9-24-6-2-1-3-7-24/h1-4,6-8,10,13-20,22,30H,5,9,11-12,21,23H2,(H,36,38)(H,39,40). The van der Waals surface area contributed by atoms with Crippen molar-refractivity contribution in [1.82, 2.24) is 5.32 Å². The van der Waals surface area contributed by atoms with Crippen LogP contribution in [-0.2, 0) is 17.6 Å². The molecule has 0 aliphatic carbocycles. The topological polar surface area (TPSA) is 83.5 Å². The summed E-state index contributed by atoms with van der Waals surface area (Å²) in [6.07, 6.45) is 2.40. The van der Waals surface area contributed by atoms with Crippen molar-refractivity contribution < 1.29 is 19.5 Å². The molecule has 0 aliphatic heterocycles. The number of carboxylic acid groups (broad SMARTS) is 1. The van der Waals surface area contributed by atoms with Crippen LogP contribution in [0.3, 0.4) is 0 Å². The molecule has 4 rings (SSSR count). The molecule has 0 fully saturated rings. The lowest BCUT2D eigenvalue weighted by Gasteiger charge is -2.13. The lowest BCUT2D eigenvalue weighted by atomic mass is 9.91. The highest BCUT2D eigenvalue weighted by Crippen LogP contribution is 2.23. The summed E-state index contributed by atoms with van der Waals surface area (Å²) in [5, 5.41) is 13.4. The molecule has 2 N–H and O–H groups in total. The predicted octanol–water partition coefficient (Wildman–Crippen LogP) is 7.28. The molecule has 1 atom stereocenters. The van der Waals surface area contributed by atoms with E-state index in [2.05, 4.69) is 17.4 Å². The Bertz CT molecular complexity index is 1430. The molecule has 0 bridgehead atoms. The highest BCUT2D eigenvalue weighted by Gasteiger charge is 2.22. The molecule has 204 valence electrons. The Labute approximate surface area is 239 Å². The van der Waals surface area contributed by atoms with Gasteiger partial charge in [-0.15, -0.1) is 0 Å². The number of hydrogen-bond donors (Lipinski definition) is 2. The number of ketones is 1. The lowest BCUT2D eigenvalue weighted by Crippen LogP contribution is -2.25. The second-order valence-corrected chi connectivity index (χ2v) is 10.3. The second-order valence-electron chi connectivity index (χ2n) is 9.83. The number of amides is 1. The number of Topliss-reactive ketones (excluding diaryl/α,β-unsaturated/α-hetero) is 1. The lowest BCUT2D eigenvalue weighted by molar-refractivity contribution is -0.141. The van der Waals surface area contributed by atoms with Crippen molar-refractivity contribution in [2.75, 3.05) is 6.54 Å². The third-order valence-electron chi connectivity index (χ3n) is 6.91. The smallest absolute Gasteiger partial charge is 0.306 e. The first kappa shape index (κ1) is 28.8. The van der Waals surface area contributed by atoms with Crippen molar-refractivity contribution >= 4 is 29.3 Å². The van der Waals surface area contributed by atoms with Crippen LogP contribution in [0.4, 0.5) is 0 Å². The molecule has 40 heavy (non-hydrogen) atoms. The van der Waals surface area contributed by atoms with E-state index in [1.54, 1.807) is 30.3 Å². The molecule has 4 aromatic rings. The van der Waals surface area contributed by atoms with Crippen LogP contribution in [0, 0.1) is 5.92 Å². The molecule has 0 radical (unpaired) electrons. The zero-order chi connectivity index (χ0) is 28.3. The van der Waals surface area contributed by atoms with Crippen molar-refractivity contribution in [2.45, 2.75) is 32.1 Å². The Balaban J connectivity index is 1.28. The highest BCUT2D eigenvalue weighted by molar-refractivity contribution is 6.30. The van der Waals surface area contributed by atoms with E-state index in [9.17, 15) is 19.5 Å². The maximum Gasteiger partial charge on any atom is 0.306 e. The van der Waals surface area contributed by atoms with Gasteiger partial charge in [-0.25, -0.2) is 0 Å². The maximum atomic E-state index is 12.9. The van der Waals surface area contributed by atoms with Gasteiger partial charge in [0.15, 0.2) is 5.78 Å². The van der Waals surface area contributed by atoms with Gasteiger partial charge in [-0.05, 0) is 72.2 Å². The van der Waals surface area contributed by atoms with Crippen LogP contribution in [0.15, 0.2) is 103 Å². The van der Waals surface area contributed by atoms with Crippen molar-refractivity contribution in [3.05, 3.63) is 130 Å². The van der Waals surface area contributed by atoms with Crippen LogP contribution in [0.2, 0.25) is 5.02 Å². The summed E-state index contributed by atoms with van der Waals surface area (Å²) in [5.41, 5.74) is 5.05. The fraction of sp³-hybridized carbons (Fsp3) is 0.206. The van der Waals surface area contributed by atoms with Crippen LogP contribution >= 0.6 is 11.6 Å². The van der Waals surface area contributed by atoms with Crippen LogP contribution in [-0.4, -0.2) is 29.3 Å². The monoisotopic (exact) mass is 553 g/mol. The molecule has 1 amide bonds. The third-order valence-corrected chi connectivity index (χ3v) is 7.16.